The molecule has 2 N–H and O–H groups in total. The molecule has 30 heavy (non-hydrogen) atoms. The Morgan fingerprint density at radius 1 is 1.03 bits per heavy atom. The first-order valence-electron chi connectivity index (χ1n) is 9.13. The van der Waals surface area contributed by atoms with E-state index in [-0.39, 0.29) is 11.3 Å². The van der Waals surface area contributed by atoms with E-state index in [2.05, 4.69) is 10.0 Å². The van der Waals surface area contributed by atoms with E-state index in [0.29, 0.717) is 21.8 Å². The first-order valence-corrected chi connectivity index (χ1v) is 11.0. The molecule has 0 saturated carbocycles. The van der Waals surface area contributed by atoms with E-state index in [4.69, 9.17) is 11.6 Å². The zero-order valence-electron chi connectivity index (χ0n) is 16.1. The van der Waals surface area contributed by atoms with Crippen molar-refractivity contribution in [2.45, 2.75) is 24.3 Å². The smallest absolute Gasteiger partial charge is 0.241 e. The van der Waals surface area contributed by atoms with Crippen LogP contribution in [0.1, 0.15) is 23.6 Å². The molecular formula is C22H20ClFN2O3S. The lowest BCUT2D eigenvalue weighted by atomic mass is 10.0. The third kappa shape index (κ3) is 5.66. The van der Waals surface area contributed by atoms with Gasteiger partial charge in [0.25, 0.3) is 0 Å². The monoisotopic (exact) mass is 446 g/mol. The van der Waals surface area contributed by atoms with E-state index in [9.17, 15) is 17.6 Å². The maximum atomic E-state index is 13.5. The van der Waals surface area contributed by atoms with Crippen LogP contribution >= 0.6 is 11.6 Å². The van der Waals surface area contributed by atoms with Crippen LogP contribution in [-0.2, 0) is 14.8 Å². The van der Waals surface area contributed by atoms with Crippen LogP contribution in [0, 0.1) is 12.7 Å². The molecule has 0 bridgehead atoms. The number of nitrogens with one attached hydrogen (secondary N) is 2. The van der Waals surface area contributed by atoms with Crippen molar-refractivity contribution < 1.29 is 17.6 Å². The van der Waals surface area contributed by atoms with Crippen molar-refractivity contribution in [1.29, 1.82) is 0 Å². The highest BCUT2D eigenvalue weighted by atomic mass is 35.5. The van der Waals surface area contributed by atoms with E-state index < -0.39 is 27.8 Å². The maximum absolute atomic E-state index is 13.5. The minimum absolute atomic E-state index is 0.0883. The summed E-state index contributed by atoms with van der Waals surface area (Å²) in [4.78, 5) is 12.7. The third-order valence-electron chi connectivity index (χ3n) is 4.49. The maximum Gasteiger partial charge on any atom is 0.241 e. The molecular weight excluding hydrogens is 427 g/mol. The number of carbonyl (C=O) groups is 1. The number of halogens is 2. The van der Waals surface area contributed by atoms with Crippen molar-refractivity contribution in [3.05, 3.63) is 94.8 Å². The number of rotatable bonds is 7. The van der Waals surface area contributed by atoms with E-state index >= 15 is 0 Å². The van der Waals surface area contributed by atoms with Gasteiger partial charge in [0, 0.05) is 17.1 Å². The average molecular weight is 447 g/mol. The molecule has 3 rings (SSSR count). The summed E-state index contributed by atoms with van der Waals surface area (Å²) in [5, 5.41) is 3.14. The molecule has 1 amide bonds. The van der Waals surface area contributed by atoms with Gasteiger partial charge in [-0.25, -0.2) is 17.5 Å². The van der Waals surface area contributed by atoms with Crippen LogP contribution in [0.3, 0.4) is 0 Å². The number of hydrogen-bond donors (Lipinski definition) is 2. The zero-order chi connectivity index (χ0) is 21.7. The van der Waals surface area contributed by atoms with Crippen LogP contribution in [0.15, 0.2) is 77.7 Å². The second kappa shape index (κ2) is 9.38. The van der Waals surface area contributed by atoms with E-state index in [1.165, 1.54) is 24.3 Å². The minimum Gasteiger partial charge on any atom is -0.326 e. The molecule has 1 unspecified atom stereocenters. The van der Waals surface area contributed by atoms with Gasteiger partial charge in [-0.15, -0.1) is 0 Å². The lowest BCUT2D eigenvalue weighted by Crippen LogP contribution is -2.31. The van der Waals surface area contributed by atoms with Gasteiger partial charge in [0.1, 0.15) is 5.82 Å². The number of anilines is 1. The van der Waals surface area contributed by atoms with Gasteiger partial charge in [-0.3, -0.25) is 4.79 Å². The number of aryl methyl sites for hydroxylation is 1. The molecule has 0 heterocycles. The largest absolute Gasteiger partial charge is 0.326 e. The summed E-state index contributed by atoms with van der Waals surface area (Å²) in [6.45, 7) is 1.74. The van der Waals surface area contributed by atoms with Crippen molar-refractivity contribution in [3.8, 4) is 0 Å². The number of benzene rings is 3. The normalized spacial score (nSPS) is 12.4. The van der Waals surface area contributed by atoms with Crippen LogP contribution in [0.4, 0.5) is 10.1 Å². The van der Waals surface area contributed by atoms with Crippen molar-refractivity contribution in [2.24, 2.45) is 0 Å². The molecule has 0 radical (unpaired) electrons. The Hall–Kier alpha value is -2.74. The Morgan fingerprint density at radius 2 is 1.70 bits per heavy atom. The van der Waals surface area contributed by atoms with Crippen LogP contribution < -0.4 is 10.0 Å². The molecule has 0 aliphatic rings. The SMILES string of the molecule is Cc1ccc(F)cc1NC(=O)CC(NS(=O)(=O)c1ccccc1)c1ccc(Cl)cc1. The molecule has 3 aromatic carbocycles. The van der Waals surface area contributed by atoms with Crippen LogP contribution in [0.25, 0.3) is 0 Å². The predicted octanol–water partition coefficient (Wildman–Crippen LogP) is 4.84. The lowest BCUT2D eigenvalue weighted by molar-refractivity contribution is -0.116. The summed E-state index contributed by atoms with van der Waals surface area (Å²) in [5.41, 5.74) is 1.60. The molecule has 0 fully saturated rings. The summed E-state index contributed by atoms with van der Waals surface area (Å²) in [6.07, 6.45) is -0.191. The second-order valence-electron chi connectivity index (χ2n) is 6.75. The van der Waals surface area contributed by atoms with Gasteiger partial charge in [-0.2, -0.15) is 0 Å². The number of amides is 1. The van der Waals surface area contributed by atoms with Crippen molar-refractivity contribution in [2.75, 3.05) is 5.32 Å². The molecule has 0 aliphatic carbocycles. The van der Waals surface area contributed by atoms with Gasteiger partial charge >= 0.3 is 0 Å². The van der Waals surface area contributed by atoms with Gasteiger partial charge in [0.05, 0.1) is 10.9 Å². The van der Waals surface area contributed by atoms with E-state index in [0.717, 1.165) is 0 Å². The van der Waals surface area contributed by atoms with E-state index in [1.807, 2.05) is 0 Å². The van der Waals surface area contributed by atoms with Gasteiger partial charge in [-0.05, 0) is 54.4 Å². The lowest BCUT2D eigenvalue weighted by Gasteiger charge is -2.19. The van der Waals surface area contributed by atoms with Crippen molar-refractivity contribution in [3.63, 3.8) is 0 Å². The first-order chi connectivity index (χ1) is 14.2. The van der Waals surface area contributed by atoms with Crippen molar-refractivity contribution in [1.82, 2.24) is 4.72 Å². The van der Waals surface area contributed by atoms with Crippen LogP contribution in [0.2, 0.25) is 5.02 Å². The molecule has 0 saturated heterocycles. The topological polar surface area (TPSA) is 75.3 Å². The molecule has 156 valence electrons. The quantitative estimate of drug-likeness (QED) is 0.545. The van der Waals surface area contributed by atoms with Gasteiger partial charge in [-0.1, -0.05) is 48.0 Å². The summed E-state index contributed by atoms with van der Waals surface area (Å²) in [6, 6.07) is 17.7. The highest BCUT2D eigenvalue weighted by Gasteiger charge is 2.24. The Bertz CT molecular complexity index is 1140. The second-order valence-corrected chi connectivity index (χ2v) is 8.90. The Balaban J connectivity index is 1.85. The predicted molar refractivity (Wildman–Crippen MR) is 115 cm³/mol. The number of carbonyl (C=O) groups excluding carboxylic acids is 1. The average Bonchev–Trinajstić information content (AvgIpc) is 2.71. The molecule has 3 aromatic rings. The zero-order valence-corrected chi connectivity index (χ0v) is 17.7. The molecule has 8 heteroatoms. The fraction of sp³-hybridized carbons (Fsp3) is 0.136. The third-order valence-corrected chi connectivity index (χ3v) is 6.23. The van der Waals surface area contributed by atoms with Gasteiger partial charge < -0.3 is 5.32 Å². The fourth-order valence-corrected chi connectivity index (χ4v) is 4.26. The Morgan fingerprint density at radius 3 is 2.37 bits per heavy atom. The fourth-order valence-electron chi connectivity index (χ4n) is 2.89. The minimum atomic E-state index is -3.87. The molecule has 0 spiro atoms. The Kier molecular flexibility index (Phi) is 6.87. The molecule has 0 aliphatic heterocycles. The first kappa shape index (κ1) is 22.0. The number of hydrogen-bond acceptors (Lipinski definition) is 3. The summed E-state index contributed by atoms with van der Waals surface area (Å²) in [7, 11) is -3.87. The standard InChI is InChI=1S/C22H20ClFN2O3S/c1-15-7-12-18(24)13-20(15)25-22(27)14-21(16-8-10-17(23)11-9-16)26-30(28,29)19-5-3-2-4-6-19/h2-13,21,26H,14H2,1H3,(H,25,27). The summed E-state index contributed by atoms with van der Waals surface area (Å²) in [5.74, 6) is -0.936. The summed E-state index contributed by atoms with van der Waals surface area (Å²) >= 11 is 5.94. The highest BCUT2D eigenvalue weighted by Crippen LogP contribution is 2.24. The molecule has 1 atom stereocenters. The highest BCUT2D eigenvalue weighted by molar-refractivity contribution is 7.89. The number of sulfonamides is 1. The van der Waals surface area contributed by atoms with Gasteiger partial charge in [0.2, 0.25) is 15.9 Å². The Labute approximate surface area is 179 Å². The summed E-state index contributed by atoms with van der Waals surface area (Å²) < 4.78 is 41.7. The van der Waals surface area contributed by atoms with Gasteiger partial charge in [0.15, 0.2) is 0 Å². The van der Waals surface area contributed by atoms with E-state index in [1.54, 1.807) is 55.5 Å². The van der Waals surface area contributed by atoms with Crippen molar-refractivity contribution >= 4 is 33.2 Å². The molecule has 5 nitrogen and oxygen atoms in total. The van der Waals surface area contributed by atoms with Crippen LogP contribution in [-0.4, -0.2) is 14.3 Å². The van der Waals surface area contributed by atoms with Crippen LogP contribution in [0.5, 0.6) is 0 Å². The molecule has 0 aromatic heterocycles.